The maximum Gasteiger partial charge on any atom is 0.261 e. The molecule has 3 rings (SSSR count). The maximum absolute atomic E-state index is 12.4. The van der Waals surface area contributed by atoms with Crippen molar-refractivity contribution in [1.82, 2.24) is 0 Å². The number of rotatable bonds is 6. The van der Waals surface area contributed by atoms with Crippen molar-refractivity contribution in [3.8, 4) is 0 Å². The van der Waals surface area contributed by atoms with Crippen LogP contribution in [0.25, 0.3) is 0 Å². The Morgan fingerprint density at radius 2 is 1.30 bits per heavy atom. The van der Waals surface area contributed by atoms with Crippen molar-refractivity contribution in [3.05, 3.63) is 83.9 Å². The largest absolute Gasteiger partial charge is 0.280 e. The third kappa shape index (κ3) is 5.01. The first-order chi connectivity index (χ1) is 13.0. The van der Waals surface area contributed by atoms with Gasteiger partial charge < -0.3 is 0 Å². The van der Waals surface area contributed by atoms with E-state index in [1.54, 1.807) is 48.5 Å². The molecule has 0 spiro atoms. The van der Waals surface area contributed by atoms with Crippen LogP contribution in [0.1, 0.15) is 18.1 Å². The minimum Gasteiger partial charge on any atom is -0.280 e. The number of sulfonamides is 1. The summed E-state index contributed by atoms with van der Waals surface area (Å²) < 4.78 is 27.4. The maximum atomic E-state index is 12.4. The highest BCUT2D eigenvalue weighted by molar-refractivity contribution is 7.92. The fraction of sp³-hybridized carbons (Fsp3) is 0.143. The molecule has 0 aromatic heterocycles. The van der Waals surface area contributed by atoms with Crippen molar-refractivity contribution >= 4 is 27.1 Å². The number of aryl methyl sites for hydroxylation is 2. The van der Waals surface area contributed by atoms with Gasteiger partial charge in [-0.25, -0.2) is 8.42 Å². The number of hydrogen-bond donors (Lipinski definition) is 1. The van der Waals surface area contributed by atoms with E-state index in [2.05, 4.69) is 21.9 Å². The van der Waals surface area contributed by atoms with Gasteiger partial charge in [0.15, 0.2) is 0 Å². The van der Waals surface area contributed by atoms with Gasteiger partial charge in [-0.3, -0.25) is 4.72 Å². The van der Waals surface area contributed by atoms with Crippen LogP contribution < -0.4 is 4.72 Å². The summed E-state index contributed by atoms with van der Waals surface area (Å²) in [5.41, 5.74) is 4.15. The predicted molar refractivity (Wildman–Crippen MR) is 108 cm³/mol. The van der Waals surface area contributed by atoms with E-state index in [1.165, 1.54) is 5.56 Å². The Kier molecular flexibility index (Phi) is 5.66. The van der Waals surface area contributed by atoms with Crippen molar-refractivity contribution in [3.63, 3.8) is 0 Å². The van der Waals surface area contributed by atoms with Crippen LogP contribution in [0.2, 0.25) is 0 Å². The first kappa shape index (κ1) is 18.8. The molecule has 0 aliphatic heterocycles. The van der Waals surface area contributed by atoms with Gasteiger partial charge in [-0.2, -0.15) is 10.2 Å². The highest BCUT2D eigenvalue weighted by Crippen LogP contribution is 2.22. The van der Waals surface area contributed by atoms with Gasteiger partial charge in [-0.05, 0) is 67.4 Å². The van der Waals surface area contributed by atoms with Gasteiger partial charge in [0.2, 0.25) is 0 Å². The van der Waals surface area contributed by atoms with Crippen LogP contribution in [0.3, 0.4) is 0 Å². The van der Waals surface area contributed by atoms with Crippen molar-refractivity contribution in [2.75, 3.05) is 4.72 Å². The van der Waals surface area contributed by atoms with Crippen LogP contribution in [0.5, 0.6) is 0 Å². The summed E-state index contributed by atoms with van der Waals surface area (Å²) in [5.74, 6) is 0. The molecule has 0 aliphatic carbocycles. The third-order valence-corrected chi connectivity index (χ3v) is 5.47. The number of benzene rings is 3. The van der Waals surface area contributed by atoms with Gasteiger partial charge in [0.05, 0.1) is 16.3 Å². The van der Waals surface area contributed by atoms with Crippen LogP contribution in [-0.4, -0.2) is 8.42 Å². The van der Waals surface area contributed by atoms with Crippen molar-refractivity contribution in [1.29, 1.82) is 0 Å². The molecule has 0 radical (unpaired) electrons. The Morgan fingerprint density at radius 1 is 0.778 bits per heavy atom. The van der Waals surface area contributed by atoms with E-state index in [4.69, 9.17) is 0 Å². The first-order valence-electron chi connectivity index (χ1n) is 8.66. The summed E-state index contributed by atoms with van der Waals surface area (Å²) in [6, 6.07) is 21.4. The smallest absolute Gasteiger partial charge is 0.261 e. The van der Waals surface area contributed by atoms with E-state index >= 15 is 0 Å². The van der Waals surface area contributed by atoms with Crippen molar-refractivity contribution in [2.45, 2.75) is 25.2 Å². The van der Waals surface area contributed by atoms with E-state index in [9.17, 15) is 8.42 Å². The molecule has 6 heteroatoms. The SMILES string of the molecule is CCc1ccc(N=Nc2ccc(NS(=O)(=O)c3ccc(C)cc3)cc2)cc1. The molecule has 3 aromatic carbocycles. The number of anilines is 1. The molecule has 138 valence electrons. The summed E-state index contributed by atoms with van der Waals surface area (Å²) in [7, 11) is -3.61. The normalized spacial score (nSPS) is 11.6. The average Bonchev–Trinajstić information content (AvgIpc) is 2.68. The summed E-state index contributed by atoms with van der Waals surface area (Å²) in [5, 5.41) is 8.38. The highest BCUT2D eigenvalue weighted by atomic mass is 32.2. The lowest BCUT2D eigenvalue weighted by molar-refractivity contribution is 0.601. The topological polar surface area (TPSA) is 70.9 Å². The number of hydrogen-bond acceptors (Lipinski definition) is 4. The van der Waals surface area contributed by atoms with Crippen LogP contribution in [0.15, 0.2) is 87.9 Å². The lowest BCUT2D eigenvalue weighted by Crippen LogP contribution is -2.12. The third-order valence-electron chi connectivity index (χ3n) is 4.08. The van der Waals surface area contributed by atoms with Gasteiger partial charge >= 0.3 is 0 Å². The molecule has 0 atom stereocenters. The second kappa shape index (κ2) is 8.14. The molecule has 3 aromatic rings. The lowest BCUT2D eigenvalue weighted by atomic mass is 10.2. The van der Waals surface area contributed by atoms with Crippen LogP contribution in [0, 0.1) is 6.92 Å². The zero-order valence-electron chi connectivity index (χ0n) is 15.3. The van der Waals surface area contributed by atoms with Crippen molar-refractivity contribution in [2.24, 2.45) is 10.2 Å². The number of azo groups is 1. The molecule has 1 N–H and O–H groups in total. The monoisotopic (exact) mass is 379 g/mol. The Hall–Kier alpha value is -2.99. The molecule has 0 bridgehead atoms. The second-order valence-electron chi connectivity index (χ2n) is 6.19. The Balaban J connectivity index is 1.69. The summed E-state index contributed by atoms with van der Waals surface area (Å²) >= 11 is 0. The van der Waals surface area contributed by atoms with E-state index in [0.29, 0.717) is 11.4 Å². The van der Waals surface area contributed by atoms with Crippen LogP contribution in [-0.2, 0) is 16.4 Å². The van der Waals surface area contributed by atoms with Gasteiger partial charge in [-0.1, -0.05) is 36.8 Å². The van der Waals surface area contributed by atoms with Gasteiger partial charge in [0.25, 0.3) is 10.0 Å². The lowest BCUT2D eigenvalue weighted by Gasteiger charge is -2.08. The molecule has 0 saturated heterocycles. The van der Waals surface area contributed by atoms with Crippen LogP contribution >= 0.6 is 0 Å². The van der Waals surface area contributed by atoms with Crippen molar-refractivity contribution < 1.29 is 8.42 Å². The molecule has 27 heavy (non-hydrogen) atoms. The summed E-state index contributed by atoms with van der Waals surface area (Å²) in [6.07, 6.45) is 0.984. The quantitative estimate of drug-likeness (QED) is 0.552. The van der Waals surface area contributed by atoms with Gasteiger partial charge in [0.1, 0.15) is 0 Å². The average molecular weight is 379 g/mol. The molecule has 0 amide bonds. The molecule has 0 heterocycles. The standard InChI is InChI=1S/C21H21N3O2S/c1-3-17-6-8-18(9-7-17)22-23-19-10-12-20(13-11-19)24-27(25,26)21-14-4-16(2)5-15-21/h4-15,24H,3H2,1-2H3. The zero-order valence-corrected chi connectivity index (χ0v) is 16.1. The second-order valence-corrected chi connectivity index (χ2v) is 7.87. The Bertz CT molecular complexity index is 1020. The molecule has 0 aliphatic rings. The summed E-state index contributed by atoms with van der Waals surface area (Å²) in [6.45, 7) is 4.01. The summed E-state index contributed by atoms with van der Waals surface area (Å²) in [4.78, 5) is 0.229. The molecule has 5 nitrogen and oxygen atoms in total. The molecule has 0 saturated carbocycles. The minimum atomic E-state index is -3.61. The predicted octanol–water partition coefficient (Wildman–Crippen LogP) is 5.77. The highest BCUT2D eigenvalue weighted by Gasteiger charge is 2.13. The van der Waals surface area contributed by atoms with E-state index in [1.807, 2.05) is 31.2 Å². The van der Waals surface area contributed by atoms with E-state index in [-0.39, 0.29) is 4.90 Å². The van der Waals surface area contributed by atoms with Gasteiger partial charge in [-0.15, -0.1) is 0 Å². The zero-order chi connectivity index (χ0) is 19.3. The Morgan fingerprint density at radius 3 is 1.81 bits per heavy atom. The first-order valence-corrected chi connectivity index (χ1v) is 10.1. The fourth-order valence-corrected chi connectivity index (χ4v) is 3.50. The minimum absolute atomic E-state index is 0.229. The van der Waals surface area contributed by atoms with Gasteiger partial charge in [0, 0.05) is 5.69 Å². The van der Waals surface area contributed by atoms with E-state index < -0.39 is 10.0 Å². The van der Waals surface area contributed by atoms with Crippen LogP contribution in [0.4, 0.5) is 17.1 Å². The molecular weight excluding hydrogens is 358 g/mol. The molecule has 0 unspecified atom stereocenters. The Labute approximate surface area is 159 Å². The number of nitrogens with zero attached hydrogens (tertiary/aromatic N) is 2. The van der Waals surface area contributed by atoms with E-state index in [0.717, 1.165) is 17.7 Å². The molecule has 0 fully saturated rings. The number of nitrogens with one attached hydrogen (secondary N) is 1. The fourth-order valence-electron chi connectivity index (χ4n) is 2.44. The molecular formula is C21H21N3O2S.